The Labute approximate surface area is 212 Å². The van der Waals surface area contributed by atoms with E-state index in [0.29, 0.717) is 22.6 Å². The van der Waals surface area contributed by atoms with Gasteiger partial charge in [0.05, 0.1) is 11.6 Å². The third kappa shape index (κ3) is 4.77. The van der Waals surface area contributed by atoms with E-state index >= 15 is 0 Å². The van der Waals surface area contributed by atoms with E-state index in [-0.39, 0.29) is 11.3 Å². The number of hydrogen-bond donors (Lipinski definition) is 1. The summed E-state index contributed by atoms with van der Waals surface area (Å²) in [7, 11) is 0. The molecule has 35 heavy (non-hydrogen) atoms. The number of amides is 1. The van der Waals surface area contributed by atoms with Crippen molar-refractivity contribution >= 4 is 45.0 Å². The Bertz CT molecular complexity index is 1370. The van der Waals surface area contributed by atoms with Crippen LogP contribution in [-0.4, -0.2) is 22.8 Å². The van der Waals surface area contributed by atoms with Gasteiger partial charge < -0.3 is 9.84 Å². The quantitative estimate of drug-likeness (QED) is 0.148. The fourth-order valence-electron chi connectivity index (χ4n) is 4.34. The van der Waals surface area contributed by atoms with Gasteiger partial charge in [-0.2, -0.15) is 0 Å². The smallest absolute Gasteiger partial charge is 0.308 e. The van der Waals surface area contributed by atoms with Crippen molar-refractivity contribution in [2.45, 2.75) is 33.7 Å². The van der Waals surface area contributed by atoms with E-state index in [0.717, 1.165) is 21.2 Å². The zero-order chi connectivity index (χ0) is 25.4. The summed E-state index contributed by atoms with van der Waals surface area (Å²) in [5, 5.41) is 11.3. The lowest BCUT2D eigenvalue weighted by atomic mass is 9.94. The van der Waals surface area contributed by atoms with Gasteiger partial charge in [0.2, 0.25) is 0 Å². The third-order valence-electron chi connectivity index (χ3n) is 5.82. The summed E-state index contributed by atoms with van der Waals surface area (Å²) in [6, 6.07) is 16.6. The van der Waals surface area contributed by atoms with Crippen LogP contribution < -0.4 is 9.64 Å². The summed E-state index contributed by atoms with van der Waals surface area (Å²) in [6.07, 6.45) is 0. The molecule has 0 radical (unpaired) electrons. The predicted molar refractivity (Wildman–Crippen MR) is 137 cm³/mol. The number of ether oxygens (including phenoxy) is 1. The van der Waals surface area contributed by atoms with Crippen LogP contribution in [0.25, 0.3) is 5.76 Å². The number of anilines is 1. The van der Waals surface area contributed by atoms with E-state index in [1.807, 2.05) is 39.0 Å². The highest BCUT2D eigenvalue weighted by Crippen LogP contribution is 2.43. The van der Waals surface area contributed by atoms with Crippen LogP contribution >= 0.6 is 15.9 Å². The van der Waals surface area contributed by atoms with Crippen molar-refractivity contribution in [1.82, 2.24) is 0 Å². The number of esters is 1. The Morgan fingerprint density at radius 1 is 0.943 bits per heavy atom. The van der Waals surface area contributed by atoms with E-state index in [1.165, 1.54) is 11.8 Å². The van der Waals surface area contributed by atoms with Gasteiger partial charge in [0.1, 0.15) is 11.5 Å². The Morgan fingerprint density at radius 2 is 1.57 bits per heavy atom. The molecule has 0 bridgehead atoms. The van der Waals surface area contributed by atoms with Crippen molar-refractivity contribution in [2.24, 2.45) is 0 Å². The average Bonchev–Trinajstić information content (AvgIpc) is 3.05. The minimum absolute atomic E-state index is 0.00359. The van der Waals surface area contributed by atoms with Crippen LogP contribution in [0, 0.1) is 20.8 Å². The summed E-state index contributed by atoms with van der Waals surface area (Å²) in [5.74, 6) is -1.85. The molecule has 1 unspecified atom stereocenters. The lowest BCUT2D eigenvalue weighted by Crippen LogP contribution is -2.29. The molecular weight excluding hydrogens is 510 g/mol. The molecule has 0 spiro atoms. The van der Waals surface area contributed by atoms with Gasteiger partial charge in [0.25, 0.3) is 11.7 Å². The monoisotopic (exact) mass is 533 g/mol. The van der Waals surface area contributed by atoms with Gasteiger partial charge in [-0.1, -0.05) is 40.2 Å². The average molecular weight is 534 g/mol. The number of nitrogens with zero attached hydrogens (tertiary/aromatic N) is 1. The molecule has 6 nitrogen and oxygen atoms in total. The Balaban J connectivity index is 1.93. The molecule has 1 fully saturated rings. The van der Waals surface area contributed by atoms with Crippen molar-refractivity contribution in [3.8, 4) is 5.75 Å². The zero-order valence-corrected chi connectivity index (χ0v) is 21.3. The number of ketones is 1. The summed E-state index contributed by atoms with van der Waals surface area (Å²) in [5.41, 5.74) is 4.34. The van der Waals surface area contributed by atoms with Crippen LogP contribution in [0.4, 0.5) is 5.69 Å². The van der Waals surface area contributed by atoms with Crippen molar-refractivity contribution in [3.63, 3.8) is 0 Å². The van der Waals surface area contributed by atoms with Crippen LogP contribution in [0.1, 0.15) is 40.8 Å². The Kier molecular flexibility index (Phi) is 6.63. The lowest BCUT2D eigenvalue weighted by Gasteiger charge is -2.26. The van der Waals surface area contributed by atoms with Gasteiger partial charge in [-0.05, 0) is 79.4 Å². The lowest BCUT2D eigenvalue weighted by molar-refractivity contribution is -0.132. The molecule has 1 aliphatic rings. The van der Waals surface area contributed by atoms with Gasteiger partial charge in [-0.25, -0.2) is 0 Å². The van der Waals surface area contributed by atoms with Crippen molar-refractivity contribution in [2.75, 3.05) is 4.90 Å². The molecule has 7 heteroatoms. The van der Waals surface area contributed by atoms with Crippen molar-refractivity contribution in [3.05, 3.63) is 98.5 Å². The topological polar surface area (TPSA) is 83.9 Å². The highest BCUT2D eigenvalue weighted by molar-refractivity contribution is 9.10. The van der Waals surface area contributed by atoms with Crippen LogP contribution in [0.15, 0.2) is 70.7 Å². The van der Waals surface area contributed by atoms with E-state index in [1.54, 1.807) is 42.5 Å². The second kappa shape index (κ2) is 9.50. The number of carbonyl (C=O) groups is 3. The molecule has 3 aromatic rings. The minimum atomic E-state index is -0.869. The van der Waals surface area contributed by atoms with Gasteiger partial charge in [0.15, 0.2) is 0 Å². The third-order valence-corrected chi connectivity index (χ3v) is 6.71. The fraction of sp³-hybridized carbons (Fsp3) is 0.179. The molecule has 1 amide bonds. The molecule has 0 aromatic heterocycles. The first-order valence-corrected chi connectivity index (χ1v) is 11.8. The largest absolute Gasteiger partial charge is 0.507 e. The van der Waals surface area contributed by atoms with Crippen LogP contribution in [0.5, 0.6) is 5.75 Å². The van der Waals surface area contributed by atoms with Gasteiger partial charge in [-0.3, -0.25) is 19.3 Å². The molecule has 1 N–H and O–H groups in total. The molecule has 4 rings (SSSR count). The number of rotatable bonds is 4. The van der Waals surface area contributed by atoms with E-state index in [4.69, 9.17) is 4.74 Å². The Hall–Kier alpha value is -3.71. The van der Waals surface area contributed by atoms with Crippen LogP contribution in [0.3, 0.4) is 0 Å². The number of aliphatic hydroxyl groups is 1. The molecule has 3 aromatic carbocycles. The molecule has 1 saturated heterocycles. The Morgan fingerprint density at radius 3 is 2.14 bits per heavy atom. The maximum absolute atomic E-state index is 13.3. The van der Waals surface area contributed by atoms with Gasteiger partial charge in [-0.15, -0.1) is 0 Å². The first-order chi connectivity index (χ1) is 16.6. The summed E-state index contributed by atoms with van der Waals surface area (Å²) in [4.78, 5) is 39.4. The maximum atomic E-state index is 13.3. The van der Waals surface area contributed by atoms with Gasteiger partial charge in [0, 0.05) is 22.6 Å². The SMILES string of the molecule is CC(=O)Oc1ccc(C2/C(=C(/O)c3ccc(Br)c(C)c3)C(=O)C(=O)N2c2cc(C)cc(C)c2)cc1. The van der Waals surface area contributed by atoms with E-state index < -0.39 is 23.7 Å². The van der Waals surface area contributed by atoms with Crippen molar-refractivity contribution in [1.29, 1.82) is 0 Å². The number of aliphatic hydroxyl groups excluding tert-OH is 1. The van der Waals surface area contributed by atoms with E-state index in [2.05, 4.69) is 15.9 Å². The standard InChI is InChI=1S/C28H24BrNO5/c1-15-11-16(2)13-21(12-15)30-25(19-5-8-22(9-6-19)35-18(4)31)24(27(33)28(30)34)26(32)20-7-10-23(29)17(3)14-20/h5-14,25,32H,1-4H3/b26-24-. The molecule has 0 saturated carbocycles. The molecule has 1 heterocycles. The molecule has 0 aliphatic carbocycles. The summed E-state index contributed by atoms with van der Waals surface area (Å²) < 4.78 is 6.00. The molecular formula is C28H24BrNO5. The molecule has 178 valence electrons. The maximum Gasteiger partial charge on any atom is 0.308 e. The number of carbonyl (C=O) groups excluding carboxylic acids is 3. The highest BCUT2D eigenvalue weighted by atomic mass is 79.9. The number of benzene rings is 3. The highest BCUT2D eigenvalue weighted by Gasteiger charge is 2.47. The first kappa shape index (κ1) is 24.4. The van der Waals surface area contributed by atoms with Crippen LogP contribution in [-0.2, 0) is 14.4 Å². The number of halogens is 1. The van der Waals surface area contributed by atoms with Crippen LogP contribution in [0.2, 0.25) is 0 Å². The number of hydrogen-bond acceptors (Lipinski definition) is 5. The first-order valence-electron chi connectivity index (χ1n) is 11.0. The number of Topliss-reactive ketones (excluding diaryl/α,β-unsaturated/α-hetero) is 1. The molecule has 1 atom stereocenters. The molecule has 1 aliphatic heterocycles. The van der Waals surface area contributed by atoms with Crippen molar-refractivity contribution < 1.29 is 24.2 Å². The van der Waals surface area contributed by atoms with E-state index in [9.17, 15) is 19.5 Å². The predicted octanol–water partition coefficient (Wildman–Crippen LogP) is 5.93. The zero-order valence-electron chi connectivity index (χ0n) is 19.8. The summed E-state index contributed by atoms with van der Waals surface area (Å²) >= 11 is 3.45. The second-order valence-corrected chi connectivity index (χ2v) is 9.50. The summed E-state index contributed by atoms with van der Waals surface area (Å²) in [6.45, 7) is 7.02. The fourth-order valence-corrected chi connectivity index (χ4v) is 4.58. The number of aryl methyl sites for hydroxylation is 3. The normalized spacial score (nSPS) is 17.1. The van der Waals surface area contributed by atoms with Gasteiger partial charge >= 0.3 is 5.97 Å². The second-order valence-electron chi connectivity index (χ2n) is 8.64. The minimum Gasteiger partial charge on any atom is -0.507 e.